The molecule has 1 amide bonds. The van der Waals surface area contributed by atoms with E-state index in [-0.39, 0.29) is 11.9 Å². The van der Waals surface area contributed by atoms with Gasteiger partial charge in [0.1, 0.15) is 5.75 Å². The van der Waals surface area contributed by atoms with Crippen molar-refractivity contribution in [1.82, 2.24) is 5.32 Å². The van der Waals surface area contributed by atoms with E-state index in [4.69, 9.17) is 4.74 Å². The second-order valence-electron chi connectivity index (χ2n) is 5.67. The van der Waals surface area contributed by atoms with Crippen LogP contribution in [0, 0.1) is 13.8 Å². The molecule has 0 radical (unpaired) electrons. The lowest BCUT2D eigenvalue weighted by molar-refractivity contribution is -0.117. The van der Waals surface area contributed by atoms with Crippen molar-refractivity contribution < 1.29 is 9.53 Å². The lowest BCUT2D eigenvalue weighted by Gasteiger charge is -2.17. The number of hydrogen-bond acceptors (Lipinski definition) is 2. The maximum Gasteiger partial charge on any atom is 0.244 e. The molecule has 0 spiro atoms. The molecule has 2 aromatic carbocycles. The summed E-state index contributed by atoms with van der Waals surface area (Å²) in [5.41, 5.74) is 4.30. The van der Waals surface area contributed by atoms with E-state index in [1.54, 1.807) is 13.2 Å². The highest BCUT2D eigenvalue weighted by molar-refractivity contribution is 5.92. The molecule has 2 aromatic rings. The van der Waals surface area contributed by atoms with E-state index in [0.29, 0.717) is 0 Å². The second-order valence-corrected chi connectivity index (χ2v) is 5.67. The molecule has 0 unspecified atom stereocenters. The Balaban J connectivity index is 2.08. The molecule has 2 rings (SSSR count). The molecule has 1 N–H and O–H groups in total. The van der Waals surface area contributed by atoms with E-state index < -0.39 is 0 Å². The zero-order valence-electron chi connectivity index (χ0n) is 14.1. The van der Waals surface area contributed by atoms with Crippen molar-refractivity contribution in [2.45, 2.75) is 26.8 Å². The standard InChI is InChI=1S/C20H23NO2/c1-14-9-11-19(23-4)18(13-14)16(3)21-20(22)12-10-17-8-6-5-7-15(17)2/h5-13,16H,1-4H3,(H,21,22)/b12-10+/t16-/m1/s1. The maximum atomic E-state index is 12.2. The van der Waals surface area contributed by atoms with Gasteiger partial charge in [-0.3, -0.25) is 4.79 Å². The Morgan fingerprint density at radius 3 is 2.61 bits per heavy atom. The highest BCUT2D eigenvalue weighted by atomic mass is 16.5. The van der Waals surface area contributed by atoms with Crippen LogP contribution in [0.5, 0.6) is 5.75 Å². The lowest BCUT2D eigenvalue weighted by Crippen LogP contribution is -2.25. The van der Waals surface area contributed by atoms with Crippen LogP contribution in [0.2, 0.25) is 0 Å². The zero-order chi connectivity index (χ0) is 16.8. The summed E-state index contributed by atoms with van der Waals surface area (Å²) in [5, 5.41) is 2.98. The minimum absolute atomic E-state index is 0.121. The van der Waals surface area contributed by atoms with Crippen molar-refractivity contribution >= 4 is 12.0 Å². The molecule has 3 heteroatoms. The smallest absolute Gasteiger partial charge is 0.244 e. The van der Waals surface area contributed by atoms with Crippen molar-refractivity contribution in [2.24, 2.45) is 0 Å². The lowest BCUT2D eigenvalue weighted by atomic mass is 10.0. The van der Waals surface area contributed by atoms with Crippen LogP contribution in [-0.2, 0) is 4.79 Å². The predicted octanol–water partition coefficient (Wildman–Crippen LogP) is 4.20. The normalized spacial score (nSPS) is 12.2. The second kappa shape index (κ2) is 7.63. The van der Waals surface area contributed by atoms with Crippen molar-refractivity contribution in [3.63, 3.8) is 0 Å². The molecule has 1 atom stereocenters. The fourth-order valence-corrected chi connectivity index (χ4v) is 2.47. The first kappa shape index (κ1) is 16.8. The van der Waals surface area contributed by atoms with Crippen LogP contribution in [-0.4, -0.2) is 13.0 Å². The van der Waals surface area contributed by atoms with Crippen molar-refractivity contribution in [1.29, 1.82) is 0 Å². The first-order valence-electron chi connectivity index (χ1n) is 7.70. The first-order chi connectivity index (χ1) is 11.0. The van der Waals surface area contributed by atoms with Gasteiger partial charge in [-0.25, -0.2) is 0 Å². The van der Waals surface area contributed by atoms with Crippen molar-refractivity contribution in [3.05, 3.63) is 70.8 Å². The Labute approximate surface area is 138 Å². The number of nitrogens with one attached hydrogen (secondary N) is 1. The van der Waals surface area contributed by atoms with Crippen molar-refractivity contribution in [3.8, 4) is 5.75 Å². The minimum Gasteiger partial charge on any atom is -0.496 e. The number of rotatable bonds is 5. The van der Waals surface area contributed by atoms with E-state index in [1.807, 2.05) is 69.3 Å². The molecule has 0 aliphatic heterocycles. The third-order valence-corrected chi connectivity index (χ3v) is 3.81. The molecule has 120 valence electrons. The number of carbonyl (C=O) groups excluding carboxylic acids is 1. The Kier molecular flexibility index (Phi) is 5.58. The van der Waals surface area contributed by atoms with Crippen LogP contribution in [0.3, 0.4) is 0 Å². The van der Waals surface area contributed by atoms with Crippen LogP contribution < -0.4 is 10.1 Å². The van der Waals surface area contributed by atoms with Gasteiger partial charge < -0.3 is 10.1 Å². The number of aryl methyl sites for hydroxylation is 2. The van der Waals surface area contributed by atoms with E-state index in [9.17, 15) is 4.79 Å². The van der Waals surface area contributed by atoms with E-state index >= 15 is 0 Å². The summed E-state index contributed by atoms with van der Waals surface area (Å²) in [6, 6.07) is 13.8. The Hall–Kier alpha value is -2.55. The summed E-state index contributed by atoms with van der Waals surface area (Å²) < 4.78 is 5.38. The summed E-state index contributed by atoms with van der Waals surface area (Å²) >= 11 is 0. The van der Waals surface area contributed by atoms with Crippen LogP contribution >= 0.6 is 0 Å². The number of benzene rings is 2. The molecule has 0 saturated carbocycles. The first-order valence-corrected chi connectivity index (χ1v) is 7.70. The quantitative estimate of drug-likeness (QED) is 0.841. The topological polar surface area (TPSA) is 38.3 Å². The van der Waals surface area contributed by atoms with Gasteiger partial charge in [-0.05, 0) is 44.0 Å². The molecule has 0 aliphatic carbocycles. The van der Waals surface area contributed by atoms with Gasteiger partial charge in [-0.1, -0.05) is 42.0 Å². The molecule has 0 saturated heterocycles. The highest BCUT2D eigenvalue weighted by Gasteiger charge is 2.13. The Bertz CT molecular complexity index is 719. The summed E-state index contributed by atoms with van der Waals surface area (Å²) in [4.78, 5) is 12.2. The number of methoxy groups -OCH3 is 1. The van der Waals surface area contributed by atoms with Crippen LogP contribution in [0.15, 0.2) is 48.5 Å². The summed E-state index contributed by atoms with van der Waals surface area (Å²) in [5.74, 6) is 0.663. The number of amides is 1. The number of hydrogen-bond donors (Lipinski definition) is 1. The third kappa shape index (κ3) is 4.46. The van der Waals surface area contributed by atoms with Gasteiger partial charge in [0.15, 0.2) is 0 Å². The molecule has 0 aliphatic rings. The fraction of sp³-hybridized carbons (Fsp3) is 0.250. The van der Waals surface area contributed by atoms with E-state index in [2.05, 4.69) is 5.32 Å². The minimum atomic E-state index is -0.126. The van der Waals surface area contributed by atoms with Gasteiger partial charge in [0.2, 0.25) is 5.91 Å². The van der Waals surface area contributed by atoms with Gasteiger partial charge in [0.25, 0.3) is 0 Å². The van der Waals surface area contributed by atoms with E-state index in [0.717, 1.165) is 28.0 Å². The highest BCUT2D eigenvalue weighted by Crippen LogP contribution is 2.26. The van der Waals surface area contributed by atoms with Gasteiger partial charge >= 0.3 is 0 Å². The molecule has 0 aromatic heterocycles. The van der Waals surface area contributed by atoms with Crippen LogP contribution in [0.1, 0.15) is 35.2 Å². The van der Waals surface area contributed by atoms with E-state index in [1.165, 1.54) is 0 Å². The monoisotopic (exact) mass is 309 g/mol. The van der Waals surface area contributed by atoms with Gasteiger partial charge in [-0.15, -0.1) is 0 Å². The predicted molar refractivity (Wildman–Crippen MR) is 94.5 cm³/mol. The third-order valence-electron chi connectivity index (χ3n) is 3.81. The number of carbonyl (C=O) groups is 1. The Morgan fingerprint density at radius 1 is 1.17 bits per heavy atom. The molecule has 0 heterocycles. The number of ether oxygens (including phenoxy) is 1. The molecular weight excluding hydrogens is 286 g/mol. The maximum absolute atomic E-state index is 12.2. The summed E-state index contributed by atoms with van der Waals surface area (Å²) in [6.07, 6.45) is 3.41. The average molecular weight is 309 g/mol. The fourth-order valence-electron chi connectivity index (χ4n) is 2.47. The van der Waals surface area contributed by atoms with Crippen molar-refractivity contribution in [2.75, 3.05) is 7.11 Å². The van der Waals surface area contributed by atoms with Gasteiger partial charge in [0.05, 0.1) is 13.2 Å². The molecular formula is C20H23NO2. The largest absolute Gasteiger partial charge is 0.496 e. The SMILES string of the molecule is COc1ccc(C)cc1[C@@H](C)NC(=O)/C=C/c1ccccc1C. The zero-order valence-corrected chi connectivity index (χ0v) is 14.1. The summed E-state index contributed by atoms with van der Waals surface area (Å²) in [6.45, 7) is 6.00. The summed E-state index contributed by atoms with van der Waals surface area (Å²) in [7, 11) is 1.64. The molecule has 3 nitrogen and oxygen atoms in total. The average Bonchev–Trinajstić information content (AvgIpc) is 2.54. The Morgan fingerprint density at radius 2 is 1.91 bits per heavy atom. The molecule has 23 heavy (non-hydrogen) atoms. The van der Waals surface area contributed by atoms with Crippen LogP contribution in [0.4, 0.5) is 0 Å². The molecule has 0 bridgehead atoms. The molecule has 0 fully saturated rings. The van der Waals surface area contributed by atoms with Crippen LogP contribution in [0.25, 0.3) is 6.08 Å². The van der Waals surface area contributed by atoms with Gasteiger partial charge in [-0.2, -0.15) is 0 Å². The van der Waals surface area contributed by atoms with Gasteiger partial charge in [0, 0.05) is 11.6 Å².